The molecule has 2 N–H and O–H groups in total. The van der Waals surface area contributed by atoms with Gasteiger partial charge in [-0.3, -0.25) is 4.79 Å². The third-order valence-corrected chi connectivity index (χ3v) is 4.36. The quantitative estimate of drug-likeness (QED) is 0.895. The lowest BCUT2D eigenvalue weighted by Crippen LogP contribution is -2.55. The van der Waals surface area contributed by atoms with E-state index < -0.39 is 22.8 Å². The Labute approximate surface area is 134 Å². The SMILES string of the molecule is CC1=C(C)[C@@](C#N)(C(N)=O)C(C#N)(C#N)[C@H](c2ccccc2)O1. The molecule has 1 aromatic rings. The number of benzene rings is 1. The Hall–Kier alpha value is -3.30. The minimum Gasteiger partial charge on any atom is -0.487 e. The van der Waals surface area contributed by atoms with E-state index in [1.165, 1.54) is 6.92 Å². The Morgan fingerprint density at radius 1 is 1.13 bits per heavy atom. The van der Waals surface area contributed by atoms with Crippen LogP contribution in [-0.4, -0.2) is 5.91 Å². The highest BCUT2D eigenvalue weighted by Crippen LogP contribution is 2.57. The number of nitrogens with two attached hydrogens (primary N) is 1. The van der Waals surface area contributed by atoms with Gasteiger partial charge in [0.05, 0.1) is 24.0 Å². The summed E-state index contributed by atoms with van der Waals surface area (Å²) in [5.41, 5.74) is 2.01. The van der Waals surface area contributed by atoms with Gasteiger partial charge in [-0.1, -0.05) is 30.3 Å². The Balaban J connectivity index is 2.90. The fourth-order valence-corrected chi connectivity index (χ4v) is 2.97. The second-order valence-electron chi connectivity index (χ2n) is 5.35. The van der Waals surface area contributed by atoms with Crippen LogP contribution in [0.5, 0.6) is 0 Å². The lowest BCUT2D eigenvalue weighted by molar-refractivity contribution is -0.131. The molecule has 0 radical (unpaired) electrons. The van der Waals surface area contributed by atoms with Crippen molar-refractivity contribution in [1.82, 2.24) is 0 Å². The van der Waals surface area contributed by atoms with E-state index >= 15 is 0 Å². The van der Waals surface area contributed by atoms with Crippen LogP contribution in [-0.2, 0) is 9.53 Å². The van der Waals surface area contributed by atoms with Crippen molar-refractivity contribution in [2.45, 2.75) is 20.0 Å². The molecule has 23 heavy (non-hydrogen) atoms. The molecular weight excluding hydrogens is 292 g/mol. The number of rotatable bonds is 2. The monoisotopic (exact) mass is 306 g/mol. The number of nitrogens with zero attached hydrogens (tertiary/aromatic N) is 3. The summed E-state index contributed by atoms with van der Waals surface area (Å²) in [7, 11) is 0. The topological polar surface area (TPSA) is 124 Å². The molecule has 114 valence electrons. The largest absolute Gasteiger partial charge is 0.487 e. The van der Waals surface area contributed by atoms with Gasteiger partial charge in [0, 0.05) is 0 Å². The maximum atomic E-state index is 12.2. The number of carbonyl (C=O) groups excluding carboxylic acids is 1. The first-order valence-corrected chi connectivity index (χ1v) is 6.84. The average Bonchev–Trinajstić information content (AvgIpc) is 2.57. The van der Waals surface area contributed by atoms with Gasteiger partial charge in [-0.25, -0.2) is 0 Å². The van der Waals surface area contributed by atoms with E-state index in [4.69, 9.17) is 10.5 Å². The molecule has 0 aromatic heterocycles. The van der Waals surface area contributed by atoms with Crippen molar-refractivity contribution in [1.29, 1.82) is 15.8 Å². The molecule has 0 fully saturated rings. The summed E-state index contributed by atoms with van der Waals surface area (Å²) in [6.45, 7) is 3.06. The second kappa shape index (κ2) is 5.48. The molecule has 1 amide bonds. The normalized spacial score (nSPS) is 25.4. The summed E-state index contributed by atoms with van der Waals surface area (Å²) >= 11 is 0. The van der Waals surface area contributed by atoms with E-state index in [9.17, 15) is 20.6 Å². The predicted molar refractivity (Wildman–Crippen MR) is 79.5 cm³/mol. The highest BCUT2D eigenvalue weighted by Gasteiger charge is 2.67. The zero-order valence-electron chi connectivity index (χ0n) is 12.7. The van der Waals surface area contributed by atoms with Gasteiger partial charge in [0.15, 0.2) is 11.5 Å². The lowest BCUT2D eigenvalue weighted by Gasteiger charge is -2.44. The van der Waals surface area contributed by atoms with Crippen molar-refractivity contribution in [3.63, 3.8) is 0 Å². The van der Waals surface area contributed by atoms with Gasteiger partial charge < -0.3 is 10.5 Å². The number of primary amides is 1. The maximum Gasteiger partial charge on any atom is 0.245 e. The Bertz CT molecular complexity index is 794. The summed E-state index contributed by atoms with van der Waals surface area (Å²) in [4.78, 5) is 12.2. The Morgan fingerprint density at radius 2 is 1.70 bits per heavy atom. The zero-order valence-corrected chi connectivity index (χ0v) is 12.7. The van der Waals surface area contributed by atoms with Crippen LogP contribution in [0.25, 0.3) is 0 Å². The number of hydrogen-bond donors (Lipinski definition) is 1. The highest BCUT2D eigenvalue weighted by atomic mass is 16.5. The minimum absolute atomic E-state index is 0.183. The van der Waals surface area contributed by atoms with E-state index in [1.807, 2.05) is 18.2 Å². The molecule has 1 heterocycles. The molecule has 0 bridgehead atoms. The van der Waals surface area contributed by atoms with Gasteiger partial charge in [0.2, 0.25) is 11.3 Å². The molecule has 6 heteroatoms. The molecule has 0 saturated carbocycles. The first kappa shape index (κ1) is 16.1. The zero-order chi connectivity index (χ0) is 17.3. The smallest absolute Gasteiger partial charge is 0.245 e. The average molecular weight is 306 g/mol. The summed E-state index contributed by atoms with van der Waals surface area (Å²) in [6, 6.07) is 14.1. The molecule has 0 aliphatic carbocycles. The molecule has 1 aliphatic rings. The van der Waals surface area contributed by atoms with E-state index in [2.05, 4.69) is 0 Å². The predicted octanol–water partition coefficient (Wildman–Crippen LogP) is 2.08. The fraction of sp³-hybridized carbons (Fsp3) is 0.294. The van der Waals surface area contributed by atoms with E-state index in [-0.39, 0.29) is 5.57 Å². The van der Waals surface area contributed by atoms with E-state index in [0.29, 0.717) is 11.3 Å². The summed E-state index contributed by atoms with van der Waals surface area (Å²) < 4.78 is 5.77. The van der Waals surface area contributed by atoms with Crippen LogP contribution in [0, 0.1) is 44.8 Å². The van der Waals surface area contributed by atoms with Crippen LogP contribution in [0.4, 0.5) is 0 Å². The van der Waals surface area contributed by atoms with E-state index in [0.717, 1.165) is 0 Å². The van der Waals surface area contributed by atoms with Crippen LogP contribution < -0.4 is 5.73 Å². The number of hydrogen-bond acceptors (Lipinski definition) is 5. The fourth-order valence-electron chi connectivity index (χ4n) is 2.97. The third kappa shape index (κ3) is 1.88. The van der Waals surface area contributed by atoms with Crippen LogP contribution in [0.15, 0.2) is 41.7 Å². The van der Waals surface area contributed by atoms with Gasteiger partial charge in [0.1, 0.15) is 0 Å². The molecular formula is C17H14N4O2. The molecule has 2 atom stereocenters. The van der Waals surface area contributed by atoms with Gasteiger partial charge >= 0.3 is 0 Å². The summed E-state index contributed by atoms with van der Waals surface area (Å²) in [6.07, 6.45) is -1.10. The van der Waals surface area contributed by atoms with Crippen molar-refractivity contribution in [3.8, 4) is 18.2 Å². The van der Waals surface area contributed by atoms with Crippen LogP contribution in [0.3, 0.4) is 0 Å². The van der Waals surface area contributed by atoms with Crippen LogP contribution in [0.1, 0.15) is 25.5 Å². The minimum atomic E-state index is -2.08. The Morgan fingerprint density at radius 3 is 2.13 bits per heavy atom. The van der Waals surface area contributed by atoms with Crippen LogP contribution in [0.2, 0.25) is 0 Å². The highest BCUT2D eigenvalue weighted by molar-refractivity contribution is 5.90. The molecule has 0 saturated heterocycles. The van der Waals surface area contributed by atoms with Gasteiger partial charge in [-0.05, 0) is 25.0 Å². The number of nitriles is 3. The van der Waals surface area contributed by atoms with Crippen molar-refractivity contribution in [2.75, 3.05) is 0 Å². The van der Waals surface area contributed by atoms with Gasteiger partial charge in [-0.2, -0.15) is 15.8 Å². The van der Waals surface area contributed by atoms with Crippen LogP contribution >= 0.6 is 0 Å². The van der Waals surface area contributed by atoms with Crippen molar-refractivity contribution in [2.24, 2.45) is 16.6 Å². The molecule has 1 aliphatic heterocycles. The number of allylic oxidation sites excluding steroid dienone is 1. The van der Waals surface area contributed by atoms with Crippen molar-refractivity contribution in [3.05, 3.63) is 47.2 Å². The summed E-state index contributed by atoms with van der Waals surface area (Å²) in [5.74, 6) is -0.732. The summed E-state index contributed by atoms with van der Waals surface area (Å²) in [5, 5.41) is 29.2. The number of ether oxygens (including phenoxy) is 1. The third-order valence-electron chi connectivity index (χ3n) is 4.36. The molecule has 0 spiro atoms. The first-order chi connectivity index (χ1) is 10.9. The molecule has 1 aromatic carbocycles. The standard InChI is InChI=1S/C17H14N4O2/c1-11-12(2)23-14(13-6-4-3-5-7-13)16(8-18,9-19)17(11,10-20)15(21)22/h3-7,14H,1-2H3,(H2,21,22)/t14-,17-/m0/s1. The second-order valence-corrected chi connectivity index (χ2v) is 5.35. The maximum absolute atomic E-state index is 12.2. The van der Waals surface area contributed by atoms with Gasteiger partial charge in [-0.15, -0.1) is 0 Å². The number of amides is 1. The molecule has 2 rings (SSSR count). The number of carbonyl (C=O) groups is 1. The van der Waals surface area contributed by atoms with Gasteiger partial charge in [0.25, 0.3) is 0 Å². The van der Waals surface area contributed by atoms with Crippen molar-refractivity contribution < 1.29 is 9.53 Å². The van der Waals surface area contributed by atoms with E-state index in [1.54, 1.807) is 37.3 Å². The Kier molecular flexibility index (Phi) is 3.83. The molecule has 0 unspecified atom stereocenters. The lowest BCUT2D eigenvalue weighted by atomic mass is 9.56. The first-order valence-electron chi connectivity index (χ1n) is 6.84. The van der Waals surface area contributed by atoms with Crippen molar-refractivity contribution >= 4 is 5.91 Å². The molecule has 6 nitrogen and oxygen atoms in total.